The van der Waals surface area contributed by atoms with Gasteiger partial charge in [-0.05, 0) is 26.8 Å². The van der Waals surface area contributed by atoms with Crippen LogP contribution < -0.4 is 26.1 Å². The summed E-state index contributed by atoms with van der Waals surface area (Å²) in [6.45, 7) is 6.33. The molecule has 1 unspecified atom stereocenters. The lowest BCUT2D eigenvalue weighted by atomic mass is 9.83. The second-order valence-corrected chi connectivity index (χ2v) is 8.50. The summed E-state index contributed by atoms with van der Waals surface area (Å²) in [5.41, 5.74) is 7.47. The number of hydrogen-bond donors (Lipinski definition) is 3. The molecule has 8 nitrogen and oxygen atoms in total. The Labute approximate surface area is 188 Å². The van der Waals surface area contributed by atoms with Crippen LogP contribution in [-0.2, 0) is 0 Å². The molecule has 1 aliphatic rings. The van der Waals surface area contributed by atoms with Crippen molar-refractivity contribution in [3.05, 3.63) is 62.8 Å². The summed E-state index contributed by atoms with van der Waals surface area (Å²) in [5, 5.41) is 23.3. The van der Waals surface area contributed by atoms with Crippen molar-refractivity contribution in [1.29, 1.82) is 10.5 Å². The summed E-state index contributed by atoms with van der Waals surface area (Å²) in [6.07, 6.45) is -0.110. The molecule has 3 heterocycles. The fourth-order valence-corrected chi connectivity index (χ4v) is 5.00. The van der Waals surface area contributed by atoms with Crippen molar-refractivity contribution in [3.63, 3.8) is 0 Å². The highest BCUT2D eigenvalue weighted by atomic mass is 32.1. The largest absolute Gasteiger partial charge is 0.491 e. The highest BCUT2D eigenvalue weighted by Crippen LogP contribution is 2.48. The maximum Gasteiger partial charge on any atom is 0.256 e. The van der Waals surface area contributed by atoms with Crippen molar-refractivity contribution in [2.45, 2.75) is 32.8 Å². The van der Waals surface area contributed by atoms with Gasteiger partial charge < -0.3 is 25.5 Å². The Morgan fingerprint density at radius 1 is 1.31 bits per heavy atom. The average molecular weight is 448 g/mol. The van der Waals surface area contributed by atoms with Gasteiger partial charge >= 0.3 is 0 Å². The number of aromatic nitrogens is 1. The summed E-state index contributed by atoms with van der Waals surface area (Å²) in [4.78, 5) is 16.2. The number of ether oxygens (including phenoxy) is 2. The van der Waals surface area contributed by atoms with Crippen LogP contribution in [0.1, 0.15) is 43.4 Å². The van der Waals surface area contributed by atoms with Crippen LogP contribution in [0, 0.1) is 22.7 Å². The Kier molecular flexibility index (Phi) is 5.52. The molecule has 4 rings (SSSR count). The number of allylic oxidation sites excluding steroid dienone is 1. The Bertz CT molecular complexity index is 1390. The van der Waals surface area contributed by atoms with Gasteiger partial charge in [-0.15, -0.1) is 11.3 Å². The van der Waals surface area contributed by atoms with Crippen molar-refractivity contribution >= 4 is 26.6 Å². The van der Waals surface area contributed by atoms with Crippen LogP contribution in [0.2, 0.25) is 0 Å². The number of nitrogens with zero attached hydrogens (tertiary/aromatic N) is 2. The van der Waals surface area contributed by atoms with Gasteiger partial charge in [0, 0.05) is 12.1 Å². The number of anilines is 1. The van der Waals surface area contributed by atoms with E-state index in [2.05, 4.69) is 22.4 Å². The summed E-state index contributed by atoms with van der Waals surface area (Å²) in [7, 11) is 0. The summed E-state index contributed by atoms with van der Waals surface area (Å²) in [5.74, 6) is -0.0388. The summed E-state index contributed by atoms with van der Waals surface area (Å²) in [6, 6.07) is 11.5. The second kappa shape index (κ2) is 8.29. The molecule has 1 atom stereocenters. The number of pyridine rings is 1. The number of benzene rings is 1. The number of fused-ring (bicyclic) bond motifs is 3. The smallest absolute Gasteiger partial charge is 0.256 e. The van der Waals surface area contributed by atoms with Gasteiger partial charge in [-0.2, -0.15) is 10.5 Å². The molecular weight excluding hydrogens is 426 g/mol. The van der Waals surface area contributed by atoms with Crippen molar-refractivity contribution in [2.75, 3.05) is 11.9 Å². The van der Waals surface area contributed by atoms with Gasteiger partial charge in [0.1, 0.15) is 34.0 Å². The quantitative estimate of drug-likeness (QED) is 0.539. The van der Waals surface area contributed by atoms with E-state index >= 15 is 0 Å². The maximum atomic E-state index is 13.3. The summed E-state index contributed by atoms with van der Waals surface area (Å²) < 4.78 is 12.4. The second-order valence-electron chi connectivity index (χ2n) is 7.48. The lowest BCUT2D eigenvalue weighted by Crippen LogP contribution is -2.28. The predicted molar refractivity (Wildman–Crippen MR) is 123 cm³/mol. The molecule has 3 aromatic rings. The van der Waals surface area contributed by atoms with Gasteiger partial charge in [0.25, 0.3) is 5.56 Å². The number of H-pyrrole nitrogens is 1. The first-order valence-corrected chi connectivity index (χ1v) is 10.9. The molecule has 0 bridgehead atoms. The third-order valence-electron chi connectivity index (χ3n) is 5.06. The zero-order valence-corrected chi connectivity index (χ0v) is 18.6. The Morgan fingerprint density at radius 2 is 2.06 bits per heavy atom. The van der Waals surface area contributed by atoms with E-state index in [1.807, 2.05) is 39.0 Å². The topological polar surface area (TPSA) is 137 Å². The van der Waals surface area contributed by atoms with Crippen LogP contribution in [0.3, 0.4) is 0 Å². The average Bonchev–Trinajstić information content (AvgIpc) is 3.10. The number of thiophene rings is 1. The van der Waals surface area contributed by atoms with E-state index in [0.29, 0.717) is 38.6 Å². The van der Waals surface area contributed by atoms with E-state index in [4.69, 9.17) is 15.2 Å². The molecule has 0 aliphatic carbocycles. The molecule has 162 valence electrons. The predicted octanol–water partition coefficient (Wildman–Crippen LogP) is 3.90. The van der Waals surface area contributed by atoms with Crippen molar-refractivity contribution in [3.8, 4) is 23.6 Å². The fourth-order valence-electron chi connectivity index (χ4n) is 3.83. The molecule has 0 saturated carbocycles. The zero-order chi connectivity index (χ0) is 23.0. The molecular formula is C23H21N5O3S. The minimum atomic E-state index is -0.776. The van der Waals surface area contributed by atoms with Gasteiger partial charge in [-0.3, -0.25) is 4.79 Å². The van der Waals surface area contributed by atoms with Crippen LogP contribution in [0.25, 0.3) is 10.2 Å². The minimum absolute atomic E-state index is 0.0758. The van der Waals surface area contributed by atoms with Crippen molar-refractivity contribution in [2.24, 2.45) is 5.73 Å². The highest BCUT2D eigenvalue weighted by molar-refractivity contribution is 7.23. The first kappa shape index (κ1) is 21.3. The van der Waals surface area contributed by atoms with Crippen LogP contribution in [0.5, 0.6) is 11.5 Å². The highest BCUT2D eigenvalue weighted by Gasteiger charge is 2.37. The third-order valence-corrected chi connectivity index (χ3v) is 6.21. The Balaban J connectivity index is 2.06. The van der Waals surface area contributed by atoms with E-state index in [0.717, 1.165) is 0 Å². The minimum Gasteiger partial charge on any atom is -0.491 e. The number of nitrogens with one attached hydrogen (secondary N) is 2. The molecule has 32 heavy (non-hydrogen) atoms. The summed E-state index contributed by atoms with van der Waals surface area (Å²) >= 11 is 1.30. The van der Waals surface area contributed by atoms with Crippen LogP contribution in [0.4, 0.5) is 5.00 Å². The molecule has 0 spiro atoms. The number of hydrogen-bond acceptors (Lipinski definition) is 8. The maximum absolute atomic E-state index is 13.3. The SMILES string of the molecule is CCNc1sc2c3c(c(=O)[nH]c2c1C#N)C(c1ccccc1OC(C)C)C(C#N)=C(N)O3. The molecule has 0 radical (unpaired) electrons. The number of aromatic amines is 1. The first-order chi connectivity index (χ1) is 15.4. The number of nitrogens with two attached hydrogens (primary N) is 1. The van der Waals surface area contributed by atoms with Crippen molar-refractivity contribution in [1.82, 2.24) is 4.98 Å². The molecule has 1 aromatic carbocycles. The molecule has 4 N–H and O–H groups in total. The zero-order valence-electron chi connectivity index (χ0n) is 17.8. The van der Waals surface area contributed by atoms with E-state index in [1.165, 1.54) is 11.3 Å². The number of rotatable bonds is 5. The third kappa shape index (κ3) is 3.33. The van der Waals surface area contributed by atoms with Gasteiger partial charge in [0.05, 0.1) is 27.8 Å². The molecule has 0 saturated heterocycles. The van der Waals surface area contributed by atoms with E-state index in [-0.39, 0.29) is 28.9 Å². The molecule has 1 aliphatic heterocycles. The number of nitriles is 2. The monoisotopic (exact) mass is 447 g/mol. The van der Waals surface area contributed by atoms with Crippen LogP contribution >= 0.6 is 11.3 Å². The van der Waals surface area contributed by atoms with E-state index in [9.17, 15) is 15.3 Å². The molecule has 9 heteroatoms. The van der Waals surface area contributed by atoms with E-state index < -0.39 is 11.5 Å². The normalized spacial score (nSPS) is 15.1. The molecule has 0 fully saturated rings. The molecule has 2 aromatic heterocycles. The standard InChI is InChI=1S/C23H21N5O3S/c1-4-27-23-14(10-25)18-20(32-23)19-17(22(29)28-18)16(13(9-24)21(26)31-19)12-7-5-6-8-15(12)30-11(2)3/h5-8,11,16,27H,4,26H2,1-3H3,(H,28,29). The van der Waals surface area contributed by atoms with Crippen LogP contribution in [-0.4, -0.2) is 17.6 Å². The number of para-hydroxylation sites is 1. The van der Waals surface area contributed by atoms with Gasteiger partial charge in [0.2, 0.25) is 5.88 Å². The van der Waals surface area contributed by atoms with E-state index in [1.54, 1.807) is 6.07 Å². The van der Waals surface area contributed by atoms with Crippen molar-refractivity contribution < 1.29 is 9.47 Å². The lowest BCUT2D eigenvalue weighted by Gasteiger charge is -2.27. The first-order valence-electron chi connectivity index (χ1n) is 10.1. The van der Waals surface area contributed by atoms with Gasteiger partial charge in [0.15, 0.2) is 5.75 Å². The molecule has 0 amide bonds. The fraction of sp³-hybridized carbons (Fsp3) is 0.261. The van der Waals surface area contributed by atoms with Gasteiger partial charge in [-0.25, -0.2) is 0 Å². The van der Waals surface area contributed by atoms with Gasteiger partial charge in [-0.1, -0.05) is 18.2 Å². The lowest BCUT2D eigenvalue weighted by molar-refractivity contribution is 0.239. The van der Waals surface area contributed by atoms with Crippen LogP contribution in [0.15, 0.2) is 40.5 Å². The Hall–Kier alpha value is -3.95. The Morgan fingerprint density at radius 3 is 2.72 bits per heavy atom.